The number of nitrogens with zero attached hydrogens (tertiary/aromatic N) is 5. The normalized spacial score (nSPS) is 17.8. The van der Waals surface area contributed by atoms with Gasteiger partial charge in [0.15, 0.2) is 5.69 Å². The van der Waals surface area contributed by atoms with Crippen LogP contribution < -0.4 is 5.32 Å². The van der Waals surface area contributed by atoms with Crippen LogP contribution in [0.1, 0.15) is 28.4 Å². The summed E-state index contributed by atoms with van der Waals surface area (Å²) in [6, 6.07) is 4.41. The largest absolute Gasteiger partial charge is 0.471 e. The number of benzene rings is 1. The van der Waals surface area contributed by atoms with E-state index in [1.807, 2.05) is 0 Å². The maximum absolute atomic E-state index is 12.7. The first-order valence-electron chi connectivity index (χ1n) is 10.2. The molecule has 1 aliphatic rings. The van der Waals surface area contributed by atoms with Gasteiger partial charge in [-0.3, -0.25) is 9.47 Å². The van der Waals surface area contributed by atoms with Crippen molar-refractivity contribution in [3.8, 4) is 5.95 Å². The van der Waals surface area contributed by atoms with Crippen LogP contribution >= 0.6 is 0 Å². The molecule has 0 saturated carbocycles. The first kappa shape index (κ1) is 20.7. The van der Waals surface area contributed by atoms with Crippen molar-refractivity contribution >= 4 is 10.8 Å². The Morgan fingerprint density at radius 1 is 1.16 bits per heavy atom. The van der Waals surface area contributed by atoms with Gasteiger partial charge in [-0.25, -0.2) is 15.0 Å². The zero-order valence-corrected chi connectivity index (χ0v) is 17.3. The number of fused-ring (bicyclic) bond motifs is 1. The monoisotopic (exact) mass is 442 g/mol. The number of alkyl halides is 3. The van der Waals surface area contributed by atoms with Gasteiger partial charge in [-0.05, 0) is 18.1 Å². The van der Waals surface area contributed by atoms with E-state index in [0.29, 0.717) is 6.54 Å². The van der Waals surface area contributed by atoms with Crippen LogP contribution in [0, 0.1) is 6.92 Å². The van der Waals surface area contributed by atoms with Gasteiger partial charge in [0.1, 0.15) is 6.33 Å². The number of rotatable bonds is 4. The maximum Gasteiger partial charge on any atom is 0.434 e. The molecule has 0 amide bonds. The first-order chi connectivity index (χ1) is 15.4. The summed E-state index contributed by atoms with van der Waals surface area (Å²) in [6.07, 6.45) is 4.29. The Morgan fingerprint density at radius 2 is 1.97 bits per heavy atom. The van der Waals surface area contributed by atoms with Crippen LogP contribution in [-0.4, -0.2) is 44.1 Å². The molecule has 7 nitrogen and oxygen atoms in total. The number of hydrogen-bond donors (Lipinski definition) is 1. The molecule has 1 atom stereocenters. The standard InChI is InChI=1S/C22H21F3N6O/c1-14-17(3-2-16-11-32-12-18(14)16)19-9-30(5-4-26-19)8-15-6-27-21(28-7-15)31-10-20(29-13-31)22(23,24)25/h2-3,6-7,10-13,19,26H,4-5,8-9H2,1H3. The van der Waals surface area contributed by atoms with Gasteiger partial charge < -0.3 is 9.73 Å². The summed E-state index contributed by atoms with van der Waals surface area (Å²) < 4.78 is 44.8. The Kier molecular flexibility index (Phi) is 5.18. The lowest BCUT2D eigenvalue weighted by atomic mass is 9.96. The average Bonchev–Trinajstić information content (AvgIpc) is 3.45. The van der Waals surface area contributed by atoms with Crippen molar-refractivity contribution in [1.29, 1.82) is 0 Å². The molecule has 1 saturated heterocycles. The molecule has 1 unspecified atom stereocenters. The third-order valence-electron chi connectivity index (χ3n) is 5.81. The second-order valence-corrected chi connectivity index (χ2v) is 7.95. The fraction of sp³-hybridized carbons (Fsp3) is 0.318. The highest BCUT2D eigenvalue weighted by Crippen LogP contribution is 2.29. The summed E-state index contributed by atoms with van der Waals surface area (Å²) in [7, 11) is 0. The van der Waals surface area contributed by atoms with E-state index in [9.17, 15) is 13.2 Å². The molecule has 1 aromatic carbocycles. The zero-order valence-electron chi connectivity index (χ0n) is 17.3. The minimum absolute atomic E-state index is 0.152. The topological polar surface area (TPSA) is 72.0 Å². The molecular formula is C22H21F3N6O. The van der Waals surface area contributed by atoms with Crippen LogP contribution in [0.15, 0.2) is 54.0 Å². The number of furan rings is 1. The zero-order chi connectivity index (χ0) is 22.3. The smallest absolute Gasteiger partial charge is 0.434 e. The molecule has 1 aliphatic heterocycles. The summed E-state index contributed by atoms with van der Waals surface area (Å²) in [4.78, 5) is 14.1. The Labute approximate surface area is 181 Å². The molecular weight excluding hydrogens is 421 g/mol. The molecule has 1 N–H and O–H groups in total. The lowest BCUT2D eigenvalue weighted by Gasteiger charge is -2.34. The van der Waals surface area contributed by atoms with E-state index in [-0.39, 0.29) is 12.0 Å². The van der Waals surface area contributed by atoms with Crippen molar-refractivity contribution in [3.05, 3.63) is 72.0 Å². The van der Waals surface area contributed by atoms with Gasteiger partial charge in [-0.1, -0.05) is 12.1 Å². The quantitative estimate of drug-likeness (QED) is 0.517. The number of halogens is 3. The molecule has 32 heavy (non-hydrogen) atoms. The third kappa shape index (κ3) is 3.98. The number of nitrogens with one attached hydrogen (secondary N) is 1. The van der Waals surface area contributed by atoms with Gasteiger partial charge in [0.05, 0.1) is 12.5 Å². The maximum atomic E-state index is 12.7. The van der Waals surface area contributed by atoms with E-state index >= 15 is 0 Å². The van der Waals surface area contributed by atoms with Crippen LogP contribution in [0.25, 0.3) is 16.7 Å². The van der Waals surface area contributed by atoms with Crippen molar-refractivity contribution in [1.82, 2.24) is 29.7 Å². The van der Waals surface area contributed by atoms with E-state index in [0.717, 1.165) is 48.5 Å². The SMILES string of the molecule is Cc1c(C2CN(Cc3cnc(-n4cnc(C(F)(F)F)c4)nc3)CCN2)ccc2cocc12. The predicted octanol–water partition coefficient (Wildman–Crippen LogP) is 3.88. The van der Waals surface area contributed by atoms with Gasteiger partial charge in [0, 0.05) is 67.1 Å². The van der Waals surface area contributed by atoms with Crippen LogP contribution in [0.4, 0.5) is 13.2 Å². The molecule has 4 heterocycles. The Morgan fingerprint density at radius 3 is 2.72 bits per heavy atom. The van der Waals surface area contributed by atoms with E-state index in [1.54, 1.807) is 24.9 Å². The summed E-state index contributed by atoms with van der Waals surface area (Å²) in [5.74, 6) is 0.152. The molecule has 4 aromatic rings. The fourth-order valence-corrected chi connectivity index (χ4v) is 4.14. The Hall–Kier alpha value is -3.24. The number of piperazine rings is 1. The third-order valence-corrected chi connectivity index (χ3v) is 5.81. The molecule has 0 radical (unpaired) electrons. The second-order valence-electron chi connectivity index (χ2n) is 7.95. The summed E-state index contributed by atoms with van der Waals surface area (Å²) in [5.41, 5.74) is 2.38. The highest BCUT2D eigenvalue weighted by molar-refractivity contribution is 5.85. The van der Waals surface area contributed by atoms with Crippen LogP contribution in [0.2, 0.25) is 0 Å². The Bertz CT molecular complexity index is 1230. The number of hydrogen-bond acceptors (Lipinski definition) is 6. The summed E-state index contributed by atoms with van der Waals surface area (Å²) >= 11 is 0. The van der Waals surface area contributed by atoms with Crippen LogP contribution in [0.3, 0.4) is 0 Å². The van der Waals surface area contributed by atoms with Crippen molar-refractivity contribution in [3.63, 3.8) is 0 Å². The lowest BCUT2D eigenvalue weighted by Crippen LogP contribution is -2.45. The van der Waals surface area contributed by atoms with Crippen molar-refractivity contribution in [2.24, 2.45) is 0 Å². The molecule has 1 fully saturated rings. The lowest BCUT2D eigenvalue weighted by molar-refractivity contribution is -0.140. The number of imidazole rings is 1. The van der Waals surface area contributed by atoms with E-state index in [4.69, 9.17) is 4.42 Å². The summed E-state index contributed by atoms with van der Waals surface area (Å²) in [5, 5.41) is 5.81. The second kappa shape index (κ2) is 8.03. The molecule has 0 aliphatic carbocycles. The van der Waals surface area contributed by atoms with Crippen LogP contribution in [0.5, 0.6) is 0 Å². The minimum atomic E-state index is -4.50. The highest BCUT2D eigenvalue weighted by Gasteiger charge is 2.33. The first-order valence-corrected chi connectivity index (χ1v) is 10.2. The van der Waals surface area contributed by atoms with Crippen molar-refractivity contribution in [2.75, 3.05) is 19.6 Å². The van der Waals surface area contributed by atoms with Gasteiger partial charge in [-0.2, -0.15) is 13.2 Å². The van der Waals surface area contributed by atoms with Gasteiger partial charge in [0.2, 0.25) is 5.95 Å². The molecule has 0 spiro atoms. The van der Waals surface area contributed by atoms with Crippen LogP contribution in [-0.2, 0) is 12.7 Å². The fourth-order valence-electron chi connectivity index (χ4n) is 4.14. The van der Waals surface area contributed by atoms with E-state index < -0.39 is 11.9 Å². The molecule has 5 rings (SSSR count). The average molecular weight is 442 g/mol. The Balaban J connectivity index is 1.28. The van der Waals surface area contributed by atoms with Gasteiger partial charge in [0.25, 0.3) is 0 Å². The minimum Gasteiger partial charge on any atom is -0.471 e. The van der Waals surface area contributed by atoms with Crippen molar-refractivity contribution < 1.29 is 17.6 Å². The number of aryl methyl sites for hydroxylation is 1. The van der Waals surface area contributed by atoms with E-state index in [2.05, 4.69) is 44.2 Å². The highest BCUT2D eigenvalue weighted by atomic mass is 19.4. The molecule has 166 valence electrons. The van der Waals surface area contributed by atoms with Crippen molar-refractivity contribution in [2.45, 2.75) is 25.7 Å². The van der Waals surface area contributed by atoms with Gasteiger partial charge in [-0.15, -0.1) is 0 Å². The number of aromatic nitrogens is 4. The molecule has 10 heteroatoms. The summed E-state index contributed by atoms with van der Waals surface area (Å²) in [6.45, 7) is 5.32. The van der Waals surface area contributed by atoms with E-state index in [1.165, 1.54) is 15.7 Å². The molecule has 0 bridgehead atoms. The molecule has 3 aromatic heterocycles. The van der Waals surface area contributed by atoms with Gasteiger partial charge >= 0.3 is 6.18 Å². The predicted molar refractivity (Wildman–Crippen MR) is 111 cm³/mol.